The van der Waals surface area contributed by atoms with Crippen LogP contribution in [0.25, 0.3) is 0 Å². The molecular weight excluding hydrogens is 198 g/mol. The molecule has 15 heavy (non-hydrogen) atoms. The number of halogens is 2. The number of alkyl halides is 2. The van der Waals surface area contributed by atoms with Crippen LogP contribution in [-0.2, 0) is 5.41 Å². The molecule has 0 atom stereocenters. The van der Waals surface area contributed by atoms with Crippen LogP contribution in [0.15, 0.2) is 24.3 Å². The van der Waals surface area contributed by atoms with Gasteiger partial charge in [-0.1, -0.05) is 30.7 Å². The van der Waals surface area contributed by atoms with E-state index < -0.39 is 11.8 Å². The van der Waals surface area contributed by atoms with Gasteiger partial charge in [-0.15, -0.1) is 0 Å². The molecule has 0 aromatic heterocycles. The highest BCUT2D eigenvalue weighted by Crippen LogP contribution is 2.48. The molecule has 0 radical (unpaired) electrons. The Morgan fingerprint density at radius 3 is 2.13 bits per heavy atom. The van der Waals surface area contributed by atoms with Crippen LogP contribution in [0, 0.1) is 0 Å². The van der Waals surface area contributed by atoms with Gasteiger partial charge in [0.25, 0.3) is 0 Å². The third-order valence-electron chi connectivity index (χ3n) is 3.29. The summed E-state index contributed by atoms with van der Waals surface area (Å²) >= 11 is 0. The predicted molar refractivity (Wildman–Crippen MR) is 53.4 cm³/mol. The molecule has 0 bridgehead atoms. The van der Waals surface area contributed by atoms with Crippen LogP contribution in [0.5, 0.6) is 0 Å². The summed E-state index contributed by atoms with van der Waals surface area (Å²) in [5.41, 5.74) is 0.248. The minimum Gasteiger partial charge on any atom is -0.298 e. The van der Waals surface area contributed by atoms with Gasteiger partial charge in [-0.05, 0) is 18.4 Å². The summed E-state index contributed by atoms with van der Waals surface area (Å²) in [6.45, 7) is 0. The van der Waals surface area contributed by atoms with Crippen LogP contribution in [0.1, 0.15) is 35.2 Å². The van der Waals surface area contributed by atoms with E-state index in [1.54, 1.807) is 24.3 Å². The Balaban J connectivity index is 2.31. The van der Waals surface area contributed by atoms with E-state index in [-0.39, 0.29) is 0 Å². The summed E-state index contributed by atoms with van der Waals surface area (Å²) in [6.07, 6.45) is 0.364. The van der Waals surface area contributed by atoms with Gasteiger partial charge >= 0.3 is 0 Å². The van der Waals surface area contributed by atoms with Gasteiger partial charge in [-0.2, -0.15) is 0 Å². The van der Waals surface area contributed by atoms with Crippen molar-refractivity contribution in [3.63, 3.8) is 0 Å². The topological polar surface area (TPSA) is 17.1 Å². The minimum absolute atomic E-state index is 0.530. The molecule has 0 amide bonds. The molecule has 3 heteroatoms. The molecule has 0 heterocycles. The summed E-state index contributed by atoms with van der Waals surface area (Å²) in [4.78, 5) is 10.4. The van der Waals surface area contributed by atoms with Gasteiger partial charge in [-0.3, -0.25) is 4.79 Å². The average Bonchev–Trinajstić information content (AvgIpc) is 2.16. The standard InChI is InChI=1S/C12H12F2O/c13-11(14)12(6-1-7-12)10-4-2-9(8-15)3-5-10/h2-5,8,11H,1,6-7H2. The second-order valence-electron chi connectivity index (χ2n) is 4.05. The Bertz CT molecular complexity index is 352. The lowest BCUT2D eigenvalue weighted by atomic mass is 9.64. The molecule has 1 nitrogen and oxygen atoms in total. The van der Waals surface area contributed by atoms with Crippen LogP contribution >= 0.6 is 0 Å². The zero-order valence-corrected chi connectivity index (χ0v) is 8.25. The molecule has 0 aliphatic heterocycles. The molecule has 1 aromatic rings. The van der Waals surface area contributed by atoms with E-state index in [0.717, 1.165) is 12.7 Å². The third kappa shape index (κ3) is 1.56. The highest BCUT2D eigenvalue weighted by Gasteiger charge is 2.46. The molecule has 80 valence electrons. The lowest BCUT2D eigenvalue weighted by molar-refractivity contribution is 0.000837. The van der Waals surface area contributed by atoms with Crippen molar-refractivity contribution >= 4 is 6.29 Å². The van der Waals surface area contributed by atoms with Crippen molar-refractivity contribution in [1.82, 2.24) is 0 Å². The fraction of sp³-hybridized carbons (Fsp3) is 0.417. The van der Waals surface area contributed by atoms with Crippen LogP contribution in [-0.4, -0.2) is 12.7 Å². The molecule has 0 N–H and O–H groups in total. The first-order chi connectivity index (χ1) is 7.19. The van der Waals surface area contributed by atoms with E-state index in [2.05, 4.69) is 0 Å². The first kappa shape index (κ1) is 10.3. The number of benzene rings is 1. The summed E-state index contributed by atoms with van der Waals surface area (Å²) in [5, 5.41) is 0. The maximum atomic E-state index is 12.9. The van der Waals surface area contributed by atoms with Crippen molar-refractivity contribution in [3.8, 4) is 0 Å². The Morgan fingerprint density at radius 1 is 1.20 bits per heavy atom. The smallest absolute Gasteiger partial charge is 0.248 e. The van der Waals surface area contributed by atoms with Gasteiger partial charge in [0.1, 0.15) is 6.29 Å². The van der Waals surface area contributed by atoms with Crippen molar-refractivity contribution in [3.05, 3.63) is 35.4 Å². The maximum Gasteiger partial charge on any atom is 0.248 e. The van der Waals surface area contributed by atoms with Crippen LogP contribution < -0.4 is 0 Å². The predicted octanol–water partition coefficient (Wildman–Crippen LogP) is 3.19. The first-order valence-electron chi connectivity index (χ1n) is 5.03. The Labute approximate surface area is 87.1 Å². The highest BCUT2D eigenvalue weighted by atomic mass is 19.3. The second kappa shape index (κ2) is 3.72. The van der Waals surface area contributed by atoms with Crippen LogP contribution in [0.4, 0.5) is 8.78 Å². The normalized spacial score (nSPS) is 18.6. The molecule has 1 fully saturated rings. The molecule has 0 unspecified atom stereocenters. The average molecular weight is 210 g/mol. The van der Waals surface area contributed by atoms with Crippen molar-refractivity contribution < 1.29 is 13.6 Å². The lowest BCUT2D eigenvalue weighted by Crippen LogP contribution is -2.41. The Kier molecular flexibility index (Phi) is 2.55. The minimum atomic E-state index is -2.31. The number of carbonyl (C=O) groups excluding carboxylic acids is 1. The van der Waals surface area contributed by atoms with Crippen molar-refractivity contribution in [2.75, 3.05) is 0 Å². The fourth-order valence-corrected chi connectivity index (χ4v) is 2.08. The van der Waals surface area contributed by atoms with Gasteiger partial charge in [0, 0.05) is 5.56 Å². The summed E-state index contributed by atoms with van der Waals surface area (Å²) < 4.78 is 25.9. The summed E-state index contributed by atoms with van der Waals surface area (Å²) in [5.74, 6) is 0. The number of hydrogen-bond donors (Lipinski definition) is 0. The van der Waals surface area contributed by atoms with Crippen molar-refractivity contribution in [1.29, 1.82) is 0 Å². The van der Waals surface area contributed by atoms with Crippen LogP contribution in [0.2, 0.25) is 0 Å². The zero-order valence-electron chi connectivity index (χ0n) is 8.25. The van der Waals surface area contributed by atoms with Gasteiger partial charge in [-0.25, -0.2) is 8.78 Å². The maximum absolute atomic E-state index is 12.9. The Morgan fingerprint density at radius 2 is 1.80 bits per heavy atom. The summed E-state index contributed by atoms with van der Waals surface area (Å²) in [7, 11) is 0. The van der Waals surface area contributed by atoms with E-state index >= 15 is 0 Å². The highest BCUT2D eigenvalue weighted by molar-refractivity contribution is 5.74. The second-order valence-corrected chi connectivity index (χ2v) is 4.05. The van der Waals surface area contributed by atoms with Crippen molar-refractivity contribution in [2.45, 2.75) is 31.1 Å². The summed E-state index contributed by atoms with van der Waals surface area (Å²) in [6, 6.07) is 6.50. The third-order valence-corrected chi connectivity index (χ3v) is 3.29. The zero-order chi connectivity index (χ0) is 10.9. The van der Waals surface area contributed by atoms with E-state index in [0.29, 0.717) is 24.0 Å². The van der Waals surface area contributed by atoms with Crippen molar-refractivity contribution in [2.24, 2.45) is 0 Å². The lowest BCUT2D eigenvalue weighted by Gasteiger charge is -2.41. The fourth-order valence-electron chi connectivity index (χ4n) is 2.08. The number of hydrogen-bond acceptors (Lipinski definition) is 1. The SMILES string of the molecule is O=Cc1ccc(C2(C(F)F)CCC2)cc1. The van der Waals surface area contributed by atoms with Crippen LogP contribution in [0.3, 0.4) is 0 Å². The molecule has 1 aliphatic carbocycles. The molecular formula is C12H12F2O. The van der Waals surface area contributed by atoms with E-state index in [1.165, 1.54) is 0 Å². The molecule has 1 aromatic carbocycles. The molecule has 1 aliphatic rings. The van der Waals surface area contributed by atoms with Gasteiger partial charge in [0.05, 0.1) is 5.41 Å². The Hall–Kier alpha value is -1.25. The van der Waals surface area contributed by atoms with Gasteiger partial charge < -0.3 is 0 Å². The first-order valence-corrected chi connectivity index (χ1v) is 5.03. The number of carbonyl (C=O) groups is 1. The monoisotopic (exact) mass is 210 g/mol. The quantitative estimate of drug-likeness (QED) is 0.700. The molecule has 0 spiro atoms. The molecule has 0 saturated heterocycles. The number of rotatable bonds is 3. The number of aldehydes is 1. The largest absolute Gasteiger partial charge is 0.298 e. The van der Waals surface area contributed by atoms with E-state index in [1.807, 2.05) is 0 Å². The molecule has 2 rings (SSSR count). The van der Waals surface area contributed by atoms with E-state index in [4.69, 9.17) is 0 Å². The van der Waals surface area contributed by atoms with E-state index in [9.17, 15) is 13.6 Å². The van der Waals surface area contributed by atoms with Gasteiger partial charge in [0.15, 0.2) is 0 Å². The molecule has 1 saturated carbocycles. The van der Waals surface area contributed by atoms with Gasteiger partial charge in [0.2, 0.25) is 6.43 Å².